The number of hydrogen-bond acceptors (Lipinski definition) is 4. The highest BCUT2D eigenvalue weighted by atomic mass is 15.3. The van der Waals surface area contributed by atoms with Crippen LogP contribution in [-0.2, 0) is 0 Å². The standard InChI is InChI=1S/C15H18N4/c1-3-12-4-5-14-13(10-12)11-16-15(17-14)19-8-6-18(2)7-9-19/h3-5,10-11H,1,6-9H2,2H3. The average molecular weight is 254 g/mol. The minimum Gasteiger partial charge on any atom is -0.338 e. The third-order valence-electron chi connectivity index (χ3n) is 3.61. The Morgan fingerprint density at radius 1 is 1.21 bits per heavy atom. The van der Waals surface area contributed by atoms with Crippen LogP contribution in [0.25, 0.3) is 17.0 Å². The molecule has 0 bridgehead atoms. The van der Waals surface area contributed by atoms with Crippen molar-refractivity contribution in [1.29, 1.82) is 0 Å². The zero-order valence-corrected chi connectivity index (χ0v) is 11.2. The van der Waals surface area contributed by atoms with Gasteiger partial charge in [-0.2, -0.15) is 0 Å². The van der Waals surface area contributed by atoms with Crippen LogP contribution in [0.4, 0.5) is 5.95 Å². The molecule has 1 saturated heterocycles. The molecule has 0 atom stereocenters. The highest BCUT2D eigenvalue weighted by molar-refractivity contribution is 5.81. The zero-order chi connectivity index (χ0) is 13.2. The van der Waals surface area contributed by atoms with Crippen molar-refractivity contribution in [2.45, 2.75) is 0 Å². The second kappa shape index (κ2) is 4.97. The summed E-state index contributed by atoms with van der Waals surface area (Å²) in [6.45, 7) is 7.90. The summed E-state index contributed by atoms with van der Waals surface area (Å²) in [5, 5.41) is 1.07. The largest absolute Gasteiger partial charge is 0.338 e. The Kier molecular flexibility index (Phi) is 3.17. The Morgan fingerprint density at radius 3 is 2.74 bits per heavy atom. The van der Waals surface area contributed by atoms with Crippen molar-refractivity contribution in [2.24, 2.45) is 0 Å². The Balaban J connectivity index is 1.91. The van der Waals surface area contributed by atoms with Gasteiger partial charge in [-0.1, -0.05) is 18.7 Å². The molecule has 98 valence electrons. The molecule has 1 aromatic carbocycles. The van der Waals surface area contributed by atoms with Crippen LogP contribution in [-0.4, -0.2) is 48.1 Å². The Hall–Kier alpha value is -1.94. The molecule has 4 nitrogen and oxygen atoms in total. The van der Waals surface area contributed by atoms with Gasteiger partial charge in [0.25, 0.3) is 0 Å². The molecule has 3 rings (SSSR count). The predicted octanol–water partition coefficient (Wildman–Crippen LogP) is 2.02. The van der Waals surface area contributed by atoms with Crippen LogP contribution < -0.4 is 4.90 Å². The monoisotopic (exact) mass is 254 g/mol. The normalized spacial score (nSPS) is 16.8. The van der Waals surface area contributed by atoms with E-state index in [0.717, 1.165) is 48.6 Å². The van der Waals surface area contributed by atoms with E-state index in [-0.39, 0.29) is 0 Å². The van der Waals surface area contributed by atoms with Crippen LogP contribution in [0, 0.1) is 0 Å². The summed E-state index contributed by atoms with van der Waals surface area (Å²) in [5.74, 6) is 0.840. The zero-order valence-electron chi connectivity index (χ0n) is 11.2. The molecular weight excluding hydrogens is 236 g/mol. The molecule has 0 unspecified atom stereocenters. The third kappa shape index (κ3) is 2.44. The van der Waals surface area contributed by atoms with Crippen LogP contribution in [0.1, 0.15) is 5.56 Å². The van der Waals surface area contributed by atoms with E-state index in [1.54, 1.807) is 0 Å². The van der Waals surface area contributed by atoms with Crippen LogP contribution in [0.15, 0.2) is 31.0 Å². The SMILES string of the molecule is C=Cc1ccc2nc(N3CCN(C)CC3)ncc2c1. The van der Waals surface area contributed by atoms with Crippen LogP contribution >= 0.6 is 0 Å². The summed E-state index contributed by atoms with van der Waals surface area (Å²) >= 11 is 0. The molecular formula is C15H18N4. The summed E-state index contributed by atoms with van der Waals surface area (Å²) in [7, 11) is 2.15. The van der Waals surface area contributed by atoms with Crippen molar-refractivity contribution in [1.82, 2.24) is 14.9 Å². The maximum Gasteiger partial charge on any atom is 0.225 e. The fourth-order valence-electron chi connectivity index (χ4n) is 2.33. The first-order valence-electron chi connectivity index (χ1n) is 6.59. The lowest BCUT2D eigenvalue weighted by Crippen LogP contribution is -2.45. The lowest BCUT2D eigenvalue weighted by Gasteiger charge is -2.32. The summed E-state index contributed by atoms with van der Waals surface area (Å²) in [5.41, 5.74) is 2.10. The minimum absolute atomic E-state index is 0.840. The minimum atomic E-state index is 0.840. The number of nitrogens with zero attached hydrogens (tertiary/aromatic N) is 4. The first-order valence-corrected chi connectivity index (χ1v) is 6.59. The fraction of sp³-hybridized carbons (Fsp3) is 0.333. The lowest BCUT2D eigenvalue weighted by molar-refractivity contribution is 0.311. The van der Waals surface area contributed by atoms with Gasteiger partial charge in [0.05, 0.1) is 5.52 Å². The molecule has 1 aliphatic heterocycles. The number of rotatable bonds is 2. The molecule has 1 fully saturated rings. The molecule has 2 heterocycles. The first kappa shape index (κ1) is 12.1. The second-order valence-corrected chi connectivity index (χ2v) is 4.98. The molecule has 2 aromatic rings. The number of aromatic nitrogens is 2. The average Bonchev–Trinajstić information content (AvgIpc) is 2.47. The maximum atomic E-state index is 4.66. The van der Waals surface area contributed by atoms with Crippen molar-refractivity contribution in [2.75, 3.05) is 38.1 Å². The van der Waals surface area contributed by atoms with Gasteiger partial charge in [-0.15, -0.1) is 0 Å². The van der Waals surface area contributed by atoms with Gasteiger partial charge in [-0.3, -0.25) is 0 Å². The van der Waals surface area contributed by atoms with Crippen molar-refractivity contribution in [3.8, 4) is 0 Å². The Morgan fingerprint density at radius 2 is 2.00 bits per heavy atom. The van der Waals surface area contributed by atoms with Gasteiger partial charge in [-0.25, -0.2) is 9.97 Å². The third-order valence-corrected chi connectivity index (χ3v) is 3.61. The van der Waals surface area contributed by atoms with E-state index in [0.29, 0.717) is 0 Å². The molecule has 4 heteroatoms. The number of piperazine rings is 1. The molecule has 19 heavy (non-hydrogen) atoms. The number of likely N-dealkylation sites (N-methyl/N-ethyl adjacent to an activating group) is 1. The van der Waals surface area contributed by atoms with Crippen LogP contribution in [0.3, 0.4) is 0 Å². The predicted molar refractivity (Wildman–Crippen MR) is 79.3 cm³/mol. The maximum absolute atomic E-state index is 4.66. The molecule has 0 aliphatic carbocycles. The van der Waals surface area contributed by atoms with Gasteiger partial charge in [0.15, 0.2) is 0 Å². The fourth-order valence-corrected chi connectivity index (χ4v) is 2.33. The molecule has 0 spiro atoms. The van der Waals surface area contributed by atoms with Crippen molar-refractivity contribution in [3.63, 3.8) is 0 Å². The number of fused-ring (bicyclic) bond motifs is 1. The number of benzene rings is 1. The van der Waals surface area contributed by atoms with Gasteiger partial charge < -0.3 is 9.80 Å². The molecule has 0 N–H and O–H groups in total. The highest BCUT2D eigenvalue weighted by Crippen LogP contribution is 2.18. The van der Waals surface area contributed by atoms with E-state index >= 15 is 0 Å². The smallest absolute Gasteiger partial charge is 0.225 e. The van der Waals surface area contributed by atoms with E-state index in [4.69, 9.17) is 0 Å². The number of hydrogen-bond donors (Lipinski definition) is 0. The van der Waals surface area contributed by atoms with Crippen LogP contribution in [0.5, 0.6) is 0 Å². The van der Waals surface area contributed by atoms with Crippen molar-refractivity contribution in [3.05, 3.63) is 36.5 Å². The summed E-state index contributed by atoms with van der Waals surface area (Å²) in [6, 6.07) is 6.14. The molecule has 1 aromatic heterocycles. The van der Waals surface area contributed by atoms with E-state index < -0.39 is 0 Å². The molecule has 0 saturated carbocycles. The van der Waals surface area contributed by atoms with Gasteiger partial charge in [-0.05, 0) is 24.7 Å². The van der Waals surface area contributed by atoms with Gasteiger partial charge in [0.2, 0.25) is 5.95 Å². The van der Waals surface area contributed by atoms with Gasteiger partial charge in [0, 0.05) is 37.8 Å². The quantitative estimate of drug-likeness (QED) is 0.821. The van der Waals surface area contributed by atoms with Crippen LogP contribution in [0.2, 0.25) is 0 Å². The summed E-state index contributed by atoms with van der Waals surface area (Å²) in [4.78, 5) is 13.7. The molecule has 0 radical (unpaired) electrons. The van der Waals surface area contributed by atoms with E-state index in [2.05, 4.69) is 39.5 Å². The van der Waals surface area contributed by atoms with E-state index in [1.165, 1.54) is 0 Å². The summed E-state index contributed by atoms with van der Waals surface area (Å²) in [6.07, 6.45) is 3.75. The van der Waals surface area contributed by atoms with Crippen molar-refractivity contribution >= 4 is 22.9 Å². The lowest BCUT2D eigenvalue weighted by atomic mass is 10.1. The molecule has 0 amide bonds. The first-order chi connectivity index (χ1) is 9.26. The van der Waals surface area contributed by atoms with Gasteiger partial charge >= 0.3 is 0 Å². The van der Waals surface area contributed by atoms with Gasteiger partial charge in [0.1, 0.15) is 0 Å². The summed E-state index contributed by atoms with van der Waals surface area (Å²) < 4.78 is 0. The number of anilines is 1. The van der Waals surface area contributed by atoms with Crippen molar-refractivity contribution < 1.29 is 0 Å². The van der Waals surface area contributed by atoms with E-state index in [9.17, 15) is 0 Å². The highest BCUT2D eigenvalue weighted by Gasteiger charge is 2.16. The van der Waals surface area contributed by atoms with E-state index in [1.807, 2.05) is 24.4 Å². The Labute approximate surface area is 113 Å². The second-order valence-electron chi connectivity index (χ2n) is 4.98. The Bertz CT molecular complexity index is 600. The topological polar surface area (TPSA) is 32.3 Å². The molecule has 1 aliphatic rings.